The van der Waals surface area contributed by atoms with Crippen molar-refractivity contribution in [1.82, 2.24) is 5.32 Å². The Kier molecular flexibility index (Phi) is 1.48. The molecule has 58 valence electrons. The second-order valence-corrected chi connectivity index (χ2v) is 4.19. The van der Waals surface area contributed by atoms with E-state index in [4.69, 9.17) is 0 Å². The molecule has 3 unspecified atom stereocenters. The van der Waals surface area contributed by atoms with Gasteiger partial charge in [-0.15, -0.1) is 0 Å². The van der Waals surface area contributed by atoms with Gasteiger partial charge in [0.1, 0.15) is 0 Å². The average molecular weight is 139 g/mol. The highest BCUT2D eigenvalue weighted by atomic mass is 15.0. The fraction of sp³-hybridized carbons (Fsp3) is 1.00. The van der Waals surface area contributed by atoms with Crippen molar-refractivity contribution in [3.63, 3.8) is 0 Å². The molecule has 0 saturated carbocycles. The maximum atomic E-state index is 3.66. The Morgan fingerprint density at radius 3 is 2.40 bits per heavy atom. The van der Waals surface area contributed by atoms with Gasteiger partial charge in [-0.3, -0.25) is 0 Å². The molecule has 2 heterocycles. The Labute approximate surface area is 63.2 Å². The Hall–Kier alpha value is -0.0400. The van der Waals surface area contributed by atoms with Crippen LogP contribution in [0.1, 0.15) is 33.1 Å². The topological polar surface area (TPSA) is 12.0 Å². The van der Waals surface area contributed by atoms with Crippen LogP contribution < -0.4 is 5.32 Å². The summed E-state index contributed by atoms with van der Waals surface area (Å²) in [5, 5.41) is 3.66. The molecule has 2 saturated heterocycles. The van der Waals surface area contributed by atoms with Gasteiger partial charge in [-0.05, 0) is 31.1 Å². The predicted molar refractivity (Wildman–Crippen MR) is 42.9 cm³/mol. The van der Waals surface area contributed by atoms with Crippen molar-refractivity contribution in [3.8, 4) is 0 Å². The molecule has 1 N–H and O–H groups in total. The van der Waals surface area contributed by atoms with E-state index in [-0.39, 0.29) is 0 Å². The predicted octanol–water partition coefficient (Wildman–Crippen LogP) is 1.78. The quantitative estimate of drug-likeness (QED) is 0.584. The summed E-state index contributed by atoms with van der Waals surface area (Å²) in [7, 11) is 0. The van der Waals surface area contributed by atoms with Crippen LogP contribution >= 0.6 is 0 Å². The van der Waals surface area contributed by atoms with Crippen LogP contribution in [-0.4, -0.2) is 12.1 Å². The van der Waals surface area contributed by atoms with Crippen LogP contribution in [0, 0.1) is 11.8 Å². The number of hydrogen-bond acceptors (Lipinski definition) is 1. The largest absolute Gasteiger partial charge is 0.311 e. The molecule has 0 aromatic rings. The molecule has 10 heavy (non-hydrogen) atoms. The van der Waals surface area contributed by atoms with E-state index in [1.165, 1.54) is 19.3 Å². The Balaban J connectivity index is 2.02. The minimum Gasteiger partial charge on any atom is -0.311 e. The van der Waals surface area contributed by atoms with Crippen molar-refractivity contribution < 1.29 is 0 Å². The molecule has 1 heteroatoms. The molecule has 0 aromatic carbocycles. The molecule has 2 fully saturated rings. The summed E-state index contributed by atoms with van der Waals surface area (Å²) in [5.74, 6) is 1.88. The van der Waals surface area contributed by atoms with Crippen LogP contribution in [0.25, 0.3) is 0 Å². The fourth-order valence-electron chi connectivity index (χ4n) is 2.60. The van der Waals surface area contributed by atoms with Gasteiger partial charge in [0.15, 0.2) is 0 Å². The highest BCUT2D eigenvalue weighted by Gasteiger charge is 2.39. The summed E-state index contributed by atoms with van der Waals surface area (Å²) in [5.41, 5.74) is 0. The van der Waals surface area contributed by atoms with E-state index in [9.17, 15) is 0 Å². The Bertz CT molecular complexity index is 131. The van der Waals surface area contributed by atoms with E-state index in [0.29, 0.717) is 0 Å². The van der Waals surface area contributed by atoms with E-state index in [2.05, 4.69) is 19.2 Å². The third-order valence-electron chi connectivity index (χ3n) is 3.21. The van der Waals surface area contributed by atoms with Crippen LogP contribution in [-0.2, 0) is 0 Å². The van der Waals surface area contributed by atoms with E-state index in [1.54, 1.807) is 0 Å². The summed E-state index contributed by atoms with van der Waals surface area (Å²) in [6, 6.07) is 1.77. The lowest BCUT2D eigenvalue weighted by Gasteiger charge is -2.23. The number of nitrogens with one attached hydrogen (secondary N) is 1. The number of rotatable bonds is 1. The summed E-state index contributed by atoms with van der Waals surface area (Å²) in [4.78, 5) is 0. The first-order valence-electron chi connectivity index (χ1n) is 4.53. The molecule has 0 radical (unpaired) electrons. The van der Waals surface area contributed by atoms with Gasteiger partial charge in [0, 0.05) is 12.1 Å². The number of hydrogen-bond donors (Lipinski definition) is 1. The van der Waals surface area contributed by atoms with E-state index in [1.807, 2.05) is 0 Å². The first-order valence-corrected chi connectivity index (χ1v) is 4.53. The molecule has 2 rings (SSSR count). The van der Waals surface area contributed by atoms with Crippen molar-refractivity contribution in [3.05, 3.63) is 0 Å². The third-order valence-corrected chi connectivity index (χ3v) is 3.21. The van der Waals surface area contributed by atoms with Crippen molar-refractivity contribution in [2.75, 3.05) is 0 Å². The first kappa shape index (κ1) is 6.66. The molecule has 0 aliphatic carbocycles. The van der Waals surface area contributed by atoms with Crippen LogP contribution in [0.3, 0.4) is 0 Å². The van der Waals surface area contributed by atoms with Crippen molar-refractivity contribution in [2.45, 2.75) is 45.2 Å². The SMILES string of the molecule is CC(C)C1CC2CCC1N2. The minimum atomic E-state index is 0.880. The summed E-state index contributed by atoms with van der Waals surface area (Å²) in [6.45, 7) is 4.71. The minimum absolute atomic E-state index is 0.880. The lowest BCUT2D eigenvalue weighted by molar-refractivity contribution is 0.311. The third kappa shape index (κ3) is 0.878. The molecule has 2 aliphatic heterocycles. The normalized spacial score (nSPS) is 45.3. The van der Waals surface area contributed by atoms with Gasteiger partial charge in [-0.1, -0.05) is 13.8 Å². The summed E-state index contributed by atoms with van der Waals surface area (Å²) in [6.07, 6.45) is 4.32. The molecule has 0 aromatic heterocycles. The van der Waals surface area contributed by atoms with Gasteiger partial charge >= 0.3 is 0 Å². The van der Waals surface area contributed by atoms with Gasteiger partial charge in [0.2, 0.25) is 0 Å². The number of fused-ring (bicyclic) bond motifs is 2. The van der Waals surface area contributed by atoms with Gasteiger partial charge in [-0.2, -0.15) is 0 Å². The zero-order valence-electron chi connectivity index (χ0n) is 6.93. The summed E-state index contributed by atoms with van der Waals surface area (Å²) >= 11 is 0. The molecule has 2 aliphatic rings. The maximum absolute atomic E-state index is 3.66. The summed E-state index contributed by atoms with van der Waals surface area (Å²) < 4.78 is 0. The van der Waals surface area contributed by atoms with Crippen LogP contribution in [0.4, 0.5) is 0 Å². The van der Waals surface area contributed by atoms with Gasteiger partial charge in [-0.25, -0.2) is 0 Å². The standard InChI is InChI=1S/C9H17N/c1-6(2)8-5-7-3-4-9(8)10-7/h6-10H,3-5H2,1-2H3. The lowest BCUT2D eigenvalue weighted by atomic mass is 9.82. The Morgan fingerprint density at radius 2 is 2.10 bits per heavy atom. The molecule has 1 nitrogen and oxygen atoms in total. The van der Waals surface area contributed by atoms with Crippen molar-refractivity contribution in [1.29, 1.82) is 0 Å². The van der Waals surface area contributed by atoms with Gasteiger partial charge in [0.05, 0.1) is 0 Å². The zero-order chi connectivity index (χ0) is 7.14. The highest BCUT2D eigenvalue weighted by Crippen LogP contribution is 2.37. The van der Waals surface area contributed by atoms with Crippen LogP contribution in [0.15, 0.2) is 0 Å². The molecule has 0 amide bonds. The highest BCUT2D eigenvalue weighted by molar-refractivity contribution is 4.97. The molecule has 2 bridgehead atoms. The van der Waals surface area contributed by atoms with E-state index in [0.717, 1.165) is 23.9 Å². The van der Waals surface area contributed by atoms with Crippen LogP contribution in [0.2, 0.25) is 0 Å². The lowest BCUT2D eigenvalue weighted by Crippen LogP contribution is -2.25. The molecular formula is C9H17N. The average Bonchev–Trinajstić information content (AvgIpc) is 2.44. The Morgan fingerprint density at radius 1 is 1.30 bits per heavy atom. The molecular weight excluding hydrogens is 122 g/mol. The second kappa shape index (κ2) is 2.23. The van der Waals surface area contributed by atoms with Crippen molar-refractivity contribution >= 4 is 0 Å². The zero-order valence-corrected chi connectivity index (χ0v) is 6.93. The van der Waals surface area contributed by atoms with Crippen LogP contribution in [0.5, 0.6) is 0 Å². The smallest absolute Gasteiger partial charge is 0.0101 e. The van der Waals surface area contributed by atoms with E-state index >= 15 is 0 Å². The van der Waals surface area contributed by atoms with Gasteiger partial charge < -0.3 is 5.32 Å². The molecule has 3 atom stereocenters. The first-order chi connectivity index (χ1) is 4.77. The fourth-order valence-corrected chi connectivity index (χ4v) is 2.60. The maximum Gasteiger partial charge on any atom is 0.0101 e. The second-order valence-electron chi connectivity index (χ2n) is 4.19. The van der Waals surface area contributed by atoms with E-state index < -0.39 is 0 Å². The molecule has 0 spiro atoms. The monoisotopic (exact) mass is 139 g/mol. The van der Waals surface area contributed by atoms with Gasteiger partial charge in [0.25, 0.3) is 0 Å². The van der Waals surface area contributed by atoms with Crippen molar-refractivity contribution in [2.24, 2.45) is 11.8 Å².